The number of hydrogen-bond donors (Lipinski definition) is 1. The number of aryl methyl sites for hydroxylation is 2. The number of Topliss-reactive ketones (excluding diaryl/α,β-unsaturated/α-hetero) is 1. The third-order valence-electron chi connectivity index (χ3n) is 5.52. The number of pyridine rings is 1. The molecule has 1 atom stereocenters. The Kier molecular flexibility index (Phi) is 6.15. The van der Waals surface area contributed by atoms with Gasteiger partial charge in [0.05, 0.1) is 29.3 Å². The summed E-state index contributed by atoms with van der Waals surface area (Å²) >= 11 is 12.4. The molecule has 2 aromatic carbocycles. The molecule has 6 nitrogen and oxygen atoms in total. The van der Waals surface area contributed by atoms with E-state index in [0.29, 0.717) is 11.3 Å². The van der Waals surface area contributed by atoms with Crippen molar-refractivity contribution in [1.82, 2.24) is 4.98 Å². The van der Waals surface area contributed by atoms with Gasteiger partial charge in [-0.05, 0) is 49.2 Å². The van der Waals surface area contributed by atoms with Crippen molar-refractivity contribution in [2.24, 2.45) is 0 Å². The van der Waals surface area contributed by atoms with Crippen LogP contribution in [0.5, 0.6) is 5.75 Å². The number of carbonyl (C=O) groups is 2. The molecule has 1 N–H and O–H groups in total. The van der Waals surface area contributed by atoms with Crippen LogP contribution in [-0.4, -0.2) is 28.9 Å². The summed E-state index contributed by atoms with van der Waals surface area (Å²) in [5.41, 5.74) is 2.96. The highest BCUT2D eigenvalue weighted by molar-refractivity contribution is 6.52. The summed E-state index contributed by atoms with van der Waals surface area (Å²) < 4.78 is 5.35. The van der Waals surface area contributed by atoms with E-state index >= 15 is 0 Å². The molecule has 1 saturated heterocycles. The van der Waals surface area contributed by atoms with Crippen molar-refractivity contribution in [2.45, 2.75) is 19.9 Å². The standard InChI is InChI=1S/C25H20Cl2N2O4/c1-13-6-7-19(14(2)9-13)29-21(15-5-4-8-28-12-15)20(23(31)25(29)32)22(30)17-10-16(26)11-18(27)24(17)33-3/h4-12,21,30H,1-3H3/b22-20+. The van der Waals surface area contributed by atoms with Gasteiger partial charge >= 0.3 is 0 Å². The normalized spacial score (nSPS) is 17.5. The second-order valence-electron chi connectivity index (χ2n) is 7.71. The summed E-state index contributed by atoms with van der Waals surface area (Å²) in [5, 5.41) is 11.7. The van der Waals surface area contributed by atoms with Crippen LogP contribution in [0.15, 0.2) is 60.4 Å². The maximum Gasteiger partial charge on any atom is 0.300 e. The summed E-state index contributed by atoms with van der Waals surface area (Å²) in [6, 6.07) is 11.0. The van der Waals surface area contributed by atoms with Crippen molar-refractivity contribution in [1.29, 1.82) is 0 Å². The highest BCUT2D eigenvalue weighted by Crippen LogP contribution is 2.45. The van der Waals surface area contributed by atoms with E-state index in [0.717, 1.165) is 11.1 Å². The Labute approximate surface area is 201 Å². The molecular weight excluding hydrogens is 463 g/mol. The molecule has 3 aromatic rings. The molecule has 33 heavy (non-hydrogen) atoms. The lowest BCUT2D eigenvalue weighted by atomic mass is 9.95. The number of anilines is 1. The fourth-order valence-electron chi connectivity index (χ4n) is 4.10. The molecule has 0 radical (unpaired) electrons. The van der Waals surface area contributed by atoms with E-state index in [1.54, 1.807) is 30.6 Å². The van der Waals surface area contributed by atoms with Crippen molar-refractivity contribution in [3.05, 3.63) is 92.7 Å². The minimum Gasteiger partial charge on any atom is -0.507 e. The van der Waals surface area contributed by atoms with Crippen LogP contribution in [-0.2, 0) is 9.59 Å². The second kappa shape index (κ2) is 8.89. The quantitative estimate of drug-likeness (QED) is 0.295. The average molecular weight is 483 g/mol. The van der Waals surface area contributed by atoms with Gasteiger partial charge in [0, 0.05) is 23.1 Å². The van der Waals surface area contributed by atoms with Crippen LogP contribution in [0, 0.1) is 13.8 Å². The number of ether oxygens (including phenoxy) is 1. The van der Waals surface area contributed by atoms with Crippen molar-refractivity contribution in [2.75, 3.05) is 12.0 Å². The Balaban J connectivity index is 2.02. The highest BCUT2D eigenvalue weighted by Gasteiger charge is 2.47. The van der Waals surface area contributed by atoms with Crippen molar-refractivity contribution in [3.63, 3.8) is 0 Å². The van der Waals surface area contributed by atoms with Crippen LogP contribution in [0.3, 0.4) is 0 Å². The number of benzene rings is 2. The van der Waals surface area contributed by atoms with Gasteiger partial charge in [0.2, 0.25) is 0 Å². The van der Waals surface area contributed by atoms with E-state index in [2.05, 4.69) is 4.98 Å². The van der Waals surface area contributed by atoms with Crippen molar-refractivity contribution in [3.8, 4) is 5.75 Å². The Morgan fingerprint density at radius 3 is 2.52 bits per heavy atom. The maximum atomic E-state index is 13.3. The monoisotopic (exact) mass is 482 g/mol. The number of aliphatic hydroxyl groups excluding tert-OH is 1. The van der Waals surface area contributed by atoms with Crippen LogP contribution in [0.1, 0.15) is 28.3 Å². The van der Waals surface area contributed by atoms with Crippen LogP contribution in [0.4, 0.5) is 5.69 Å². The zero-order chi connectivity index (χ0) is 23.9. The molecule has 4 rings (SSSR count). The molecule has 1 unspecified atom stereocenters. The first-order chi connectivity index (χ1) is 15.7. The van der Waals surface area contributed by atoms with E-state index in [4.69, 9.17) is 27.9 Å². The molecule has 1 amide bonds. The molecule has 1 aliphatic heterocycles. The first-order valence-electron chi connectivity index (χ1n) is 10.1. The van der Waals surface area contributed by atoms with E-state index in [9.17, 15) is 14.7 Å². The third kappa shape index (κ3) is 3.96. The second-order valence-corrected chi connectivity index (χ2v) is 8.56. The summed E-state index contributed by atoms with van der Waals surface area (Å²) in [5.74, 6) is -1.89. The molecule has 0 bridgehead atoms. The lowest BCUT2D eigenvalue weighted by molar-refractivity contribution is -0.132. The molecule has 2 heterocycles. The number of amides is 1. The minimum atomic E-state index is -0.914. The molecular formula is C25H20Cl2N2O4. The predicted octanol–water partition coefficient (Wildman–Crippen LogP) is 5.64. The van der Waals surface area contributed by atoms with Gasteiger partial charge in [-0.25, -0.2) is 0 Å². The molecule has 1 aromatic heterocycles. The first-order valence-corrected chi connectivity index (χ1v) is 10.8. The Hall–Kier alpha value is -3.35. The summed E-state index contributed by atoms with van der Waals surface area (Å²) in [7, 11) is 1.39. The van der Waals surface area contributed by atoms with Gasteiger partial charge in [-0.1, -0.05) is 47.0 Å². The maximum absolute atomic E-state index is 13.3. The number of ketones is 1. The molecule has 168 valence electrons. The van der Waals surface area contributed by atoms with Crippen LogP contribution in [0.2, 0.25) is 10.0 Å². The van der Waals surface area contributed by atoms with Crippen LogP contribution < -0.4 is 9.64 Å². The summed E-state index contributed by atoms with van der Waals surface area (Å²) in [6.07, 6.45) is 3.15. The molecule has 0 spiro atoms. The zero-order valence-corrected chi connectivity index (χ0v) is 19.6. The molecule has 0 aliphatic carbocycles. The van der Waals surface area contributed by atoms with E-state index in [1.165, 1.54) is 24.1 Å². The number of hydrogen-bond acceptors (Lipinski definition) is 5. The van der Waals surface area contributed by atoms with Gasteiger partial charge in [0.1, 0.15) is 11.5 Å². The van der Waals surface area contributed by atoms with Gasteiger partial charge in [-0.15, -0.1) is 0 Å². The zero-order valence-electron chi connectivity index (χ0n) is 18.1. The fourth-order valence-corrected chi connectivity index (χ4v) is 4.67. The largest absolute Gasteiger partial charge is 0.507 e. The number of nitrogens with zero attached hydrogens (tertiary/aromatic N) is 2. The number of aliphatic hydroxyl groups is 1. The Morgan fingerprint density at radius 1 is 1.12 bits per heavy atom. The predicted molar refractivity (Wildman–Crippen MR) is 128 cm³/mol. The van der Waals surface area contributed by atoms with E-state index < -0.39 is 23.5 Å². The van der Waals surface area contributed by atoms with E-state index in [-0.39, 0.29) is 26.9 Å². The molecule has 0 saturated carbocycles. The smallest absolute Gasteiger partial charge is 0.300 e. The first kappa shape index (κ1) is 22.8. The highest BCUT2D eigenvalue weighted by atomic mass is 35.5. The number of carbonyl (C=O) groups excluding carboxylic acids is 2. The third-order valence-corrected chi connectivity index (χ3v) is 6.02. The molecule has 8 heteroatoms. The number of aromatic nitrogens is 1. The number of methoxy groups -OCH3 is 1. The molecule has 1 fully saturated rings. The lowest BCUT2D eigenvalue weighted by Gasteiger charge is -2.27. The SMILES string of the molecule is COc1c(Cl)cc(Cl)cc1/C(O)=C1\C(=O)C(=O)N(c2ccc(C)cc2C)C1c1cccnc1. The van der Waals surface area contributed by atoms with Gasteiger partial charge in [0.25, 0.3) is 11.7 Å². The van der Waals surface area contributed by atoms with Gasteiger partial charge in [-0.3, -0.25) is 19.5 Å². The minimum absolute atomic E-state index is 0.107. The Morgan fingerprint density at radius 2 is 1.88 bits per heavy atom. The Bertz CT molecular complexity index is 1310. The summed E-state index contributed by atoms with van der Waals surface area (Å²) in [6.45, 7) is 3.81. The summed E-state index contributed by atoms with van der Waals surface area (Å²) in [4.78, 5) is 32.1. The number of halogens is 2. The average Bonchev–Trinajstić information content (AvgIpc) is 3.04. The lowest BCUT2D eigenvalue weighted by Crippen LogP contribution is -2.30. The van der Waals surface area contributed by atoms with Crippen LogP contribution >= 0.6 is 23.2 Å². The van der Waals surface area contributed by atoms with Gasteiger partial charge in [0.15, 0.2) is 0 Å². The fraction of sp³-hybridized carbons (Fsp3) is 0.160. The van der Waals surface area contributed by atoms with Crippen LogP contribution in [0.25, 0.3) is 5.76 Å². The van der Waals surface area contributed by atoms with Crippen molar-refractivity contribution >= 4 is 46.3 Å². The topological polar surface area (TPSA) is 79.7 Å². The van der Waals surface area contributed by atoms with Crippen molar-refractivity contribution < 1.29 is 19.4 Å². The van der Waals surface area contributed by atoms with E-state index in [1.807, 2.05) is 26.0 Å². The number of rotatable bonds is 4. The van der Waals surface area contributed by atoms with Gasteiger partial charge < -0.3 is 9.84 Å². The molecule has 1 aliphatic rings. The van der Waals surface area contributed by atoms with Gasteiger partial charge in [-0.2, -0.15) is 0 Å².